The summed E-state index contributed by atoms with van der Waals surface area (Å²) in [6, 6.07) is 0.455. The fourth-order valence-corrected chi connectivity index (χ4v) is 2.91. The summed E-state index contributed by atoms with van der Waals surface area (Å²) in [6.07, 6.45) is 1.50. The van der Waals surface area contributed by atoms with Gasteiger partial charge in [-0.1, -0.05) is 13.8 Å². The Balaban J connectivity index is 1.93. The van der Waals surface area contributed by atoms with Crippen molar-refractivity contribution < 1.29 is 9.47 Å². The van der Waals surface area contributed by atoms with Gasteiger partial charge in [-0.25, -0.2) is 0 Å². The molecule has 2 fully saturated rings. The van der Waals surface area contributed by atoms with Gasteiger partial charge in [0.05, 0.1) is 19.3 Å². The monoisotopic (exact) mass is 242 g/mol. The summed E-state index contributed by atoms with van der Waals surface area (Å²) in [7, 11) is 0. The number of likely N-dealkylation sites (N-methyl/N-ethyl adjacent to an activating group) is 2. The van der Waals surface area contributed by atoms with E-state index in [9.17, 15) is 0 Å². The molecule has 0 saturated carbocycles. The zero-order chi connectivity index (χ0) is 12.1. The van der Waals surface area contributed by atoms with Gasteiger partial charge in [-0.05, 0) is 19.5 Å². The second-order valence-electron chi connectivity index (χ2n) is 5.01. The van der Waals surface area contributed by atoms with E-state index < -0.39 is 0 Å². The maximum absolute atomic E-state index is 5.98. The van der Waals surface area contributed by atoms with E-state index in [2.05, 4.69) is 24.1 Å². The highest BCUT2D eigenvalue weighted by Crippen LogP contribution is 2.22. The summed E-state index contributed by atoms with van der Waals surface area (Å²) in [5, 5.41) is 3.61. The molecule has 100 valence electrons. The number of morpholine rings is 1. The summed E-state index contributed by atoms with van der Waals surface area (Å²) in [4.78, 5) is 2.48. The molecule has 0 aromatic heterocycles. The lowest BCUT2D eigenvalue weighted by Crippen LogP contribution is -2.55. The summed E-state index contributed by atoms with van der Waals surface area (Å²) in [6.45, 7) is 11.3. The van der Waals surface area contributed by atoms with Crippen LogP contribution in [0.1, 0.15) is 20.3 Å². The number of ether oxygens (including phenoxy) is 2. The maximum Gasteiger partial charge on any atom is 0.0858 e. The van der Waals surface area contributed by atoms with Crippen LogP contribution in [-0.2, 0) is 9.47 Å². The first-order valence-corrected chi connectivity index (χ1v) is 7.00. The van der Waals surface area contributed by atoms with Crippen molar-refractivity contribution in [2.24, 2.45) is 5.92 Å². The molecule has 2 saturated heterocycles. The molecule has 2 heterocycles. The van der Waals surface area contributed by atoms with Crippen molar-refractivity contribution in [1.29, 1.82) is 0 Å². The van der Waals surface area contributed by atoms with Gasteiger partial charge in [0.15, 0.2) is 0 Å². The van der Waals surface area contributed by atoms with Crippen LogP contribution < -0.4 is 5.32 Å². The maximum atomic E-state index is 5.98. The van der Waals surface area contributed by atoms with Crippen molar-refractivity contribution in [2.45, 2.75) is 32.4 Å². The number of nitrogens with one attached hydrogen (secondary N) is 1. The molecule has 0 bridgehead atoms. The molecule has 4 nitrogen and oxygen atoms in total. The van der Waals surface area contributed by atoms with Gasteiger partial charge in [0.1, 0.15) is 0 Å². The van der Waals surface area contributed by atoms with E-state index >= 15 is 0 Å². The van der Waals surface area contributed by atoms with E-state index in [-0.39, 0.29) is 0 Å². The van der Waals surface area contributed by atoms with Crippen LogP contribution in [-0.4, -0.2) is 63.0 Å². The fraction of sp³-hybridized carbons (Fsp3) is 1.00. The van der Waals surface area contributed by atoms with Crippen LogP contribution in [0.15, 0.2) is 0 Å². The minimum Gasteiger partial charge on any atom is -0.381 e. The number of nitrogens with zero attached hydrogens (tertiary/aromatic N) is 1. The van der Waals surface area contributed by atoms with Crippen molar-refractivity contribution in [2.75, 3.05) is 46.0 Å². The zero-order valence-corrected chi connectivity index (χ0v) is 11.2. The Morgan fingerprint density at radius 1 is 1.35 bits per heavy atom. The lowest BCUT2D eigenvalue weighted by molar-refractivity contribution is -0.0552. The van der Waals surface area contributed by atoms with Gasteiger partial charge >= 0.3 is 0 Å². The molecule has 0 spiro atoms. The second kappa shape index (κ2) is 6.69. The first kappa shape index (κ1) is 13.3. The highest BCUT2D eigenvalue weighted by molar-refractivity contribution is 4.89. The summed E-state index contributed by atoms with van der Waals surface area (Å²) < 4.78 is 11.5. The van der Waals surface area contributed by atoms with E-state index in [1.807, 2.05) is 0 Å². The quantitative estimate of drug-likeness (QED) is 0.770. The van der Waals surface area contributed by atoms with Crippen LogP contribution in [0.3, 0.4) is 0 Å². The van der Waals surface area contributed by atoms with E-state index in [0.717, 1.165) is 46.0 Å². The lowest BCUT2D eigenvalue weighted by atomic mass is 9.93. The highest BCUT2D eigenvalue weighted by Gasteiger charge is 2.34. The van der Waals surface area contributed by atoms with E-state index in [0.29, 0.717) is 18.1 Å². The van der Waals surface area contributed by atoms with Crippen molar-refractivity contribution in [3.05, 3.63) is 0 Å². The molecule has 3 unspecified atom stereocenters. The summed E-state index contributed by atoms with van der Waals surface area (Å²) in [5.74, 6) is 0.622. The van der Waals surface area contributed by atoms with Crippen molar-refractivity contribution in [1.82, 2.24) is 10.2 Å². The molecule has 0 radical (unpaired) electrons. The standard InChI is InChI=1S/C13H26N2O2/c1-3-14-13(11-5-7-16-10-11)12-9-15(4-2)6-8-17-12/h11-14H,3-10H2,1-2H3. The molecule has 2 rings (SSSR count). The molecule has 0 aromatic carbocycles. The Morgan fingerprint density at radius 2 is 2.24 bits per heavy atom. The molecular formula is C13H26N2O2. The van der Waals surface area contributed by atoms with E-state index in [4.69, 9.17) is 9.47 Å². The predicted molar refractivity (Wildman–Crippen MR) is 68.2 cm³/mol. The van der Waals surface area contributed by atoms with Crippen LogP contribution in [0, 0.1) is 5.92 Å². The third-order valence-electron chi connectivity index (χ3n) is 3.94. The van der Waals surface area contributed by atoms with Crippen LogP contribution in [0.4, 0.5) is 0 Å². The Bertz CT molecular complexity index is 219. The molecule has 2 aliphatic rings. The summed E-state index contributed by atoms with van der Waals surface area (Å²) >= 11 is 0. The molecular weight excluding hydrogens is 216 g/mol. The highest BCUT2D eigenvalue weighted by atomic mass is 16.5. The molecule has 0 amide bonds. The normalized spacial score (nSPS) is 32.8. The smallest absolute Gasteiger partial charge is 0.0858 e. The van der Waals surface area contributed by atoms with E-state index in [1.54, 1.807) is 0 Å². The third kappa shape index (κ3) is 3.41. The van der Waals surface area contributed by atoms with Gasteiger partial charge in [-0.3, -0.25) is 4.90 Å². The van der Waals surface area contributed by atoms with Crippen LogP contribution in [0.2, 0.25) is 0 Å². The first-order valence-electron chi connectivity index (χ1n) is 7.00. The predicted octanol–water partition coefficient (Wildman–Crippen LogP) is 0.722. The fourth-order valence-electron chi connectivity index (χ4n) is 2.91. The van der Waals surface area contributed by atoms with Crippen LogP contribution in [0.5, 0.6) is 0 Å². The lowest BCUT2D eigenvalue weighted by Gasteiger charge is -2.38. The molecule has 0 aliphatic carbocycles. The zero-order valence-electron chi connectivity index (χ0n) is 11.2. The molecule has 2 aliphatic heterocycles. The average molecular weight is 242 g/mol. The number of hydrogen-bond acceptors (Lipinski definition) is 4. The Hall–Kier alpha value is -0.160. The topological polar surface area (TPSA) is 33.7 Å². The van der Waals surface area contributed by atoms with E-state index in [1.165, 1.54) is 6.42 Å². The van der Waals surface area contributed by atoms with Crippen LogP contribution in [0.25, 0.3) is 0 Å². The molecule has 4 heteroatoms. The SMILES string of the molecule is CCNC(C1CCOC1)C1CN(CC)CCO1. The van der Waals surface area contributed by atoms with Gasteiger partial charge < -0.3 is 14.8 Å². The molecule has 1 N–H and O–H groups in total. The van der Waals surface area contributed by atoms with Gasteiger partial charge in [-0.2, -0.15) is 0 Å². The third-order valence-corrected chi connectivity index (χ3v) is 3.94. The molecule has 3 atom stereocenters. The van der Waals surface area contributed by atoms with Crippen molar-refractivity contribution >= 4 is 0 Å². The van der Waals surface area contributed by atoms with Crippen LogP contribution >= 0.6 is 0 Å². The van der Waals surface area contributed by atoms with Gasteiger partial charge in [0.25, 0.3) is 0 Å². The Labute approximate surface area is 105 Å². The van der Waals surface area contributed by atoms with Crippen molar-refractivity contribution in [3.8, 4) is 0 Å². The minimum absolute atomic E-state index is 0.329. The largest absolute Gasteiger partial charge is 0.381 e. The summed E-state index contributed by atoms with van der Waals surface area (Å²) in [5.41, 5.74) is 0. The molecule has 17 heavy (non-hydrogen) atoms. The average Bonchev–Trinajstić information content (AvgIpc) is 2.89. The van der Waals surface area contributed by atoms with Crippen molar-refractivity contribution in [3.63, 3.8) is 0 Å². The van der Waals surface area contributed by atoms with Gasteiger partial charge in [0, 0.05) is 31.7 Å². The first-order chi connectivity index (χ1) is 8.35. The number of hydrogen-bond donors (Lipinski definition) is 1. The van der Waals surface area contributed by atoms with Gasteiger partial charge in [0.2, 0.25) is 0 Å². The Kier molecular flexibility index (Phi) is 5.22. The minimum atomic E-state index is 0.329. The number of rotatable bonds is 5. The van der Waals surface area contributed by atoms with Gasteiger partial charge in [-0.15, -0.1) is 0 Å². The second-order valence-corrected chi connectivity index (χ2v) is 5.01. The molecule has 0 aromatic rings. The Morgan fingerprint density at radius 3 is 2.88 bits per heavy atom.